The number of hydrogen-bond acceptors (Lipinski definition) is 2. The van der Waals surface area contributed by atoms with Gasteiger partial charge < -0.3 is 5.32 Å². The number of hydrogen-bond donors (Lipinski definition) is 1. The lowest BCUT2D eigenvalue weighted by atomic mass is 9.88. The van der Waals surface area contributed by atoms with Gasteiger partial charge in [-0.15, -0.1) is 0 Å². The van der Waals surface area contributed by atoms with E-state index in [1.54, 1.807) is 0 Å². The summed E-state index contributed by atoms with van der Waals surface area (Å²) >= 11 is 3.52. The van der Waals surface area contributed by atoms with Gasteiger partial charge in [-0.2, -0.15) is 0 Å². The maximum atomic E-state index is 3.71. The highest BCUT2D eigenvalue weighted by Gasteiger charge is 2.30. The van der Waals surface area contributed by atoms with Gasteiger partial charge in [-0.25, -0.2) is 0 Å². The van der Waals surface area contributed by atoms with Gasteiger partial charge in [0.25, 0.3) is 0 Å². The second-order valence-corrected chi connectivity index (χ2v) is 7.70. The molecule has 2 aliphatic rings. The van der Waals surface area contributed by atoms with E-state index in [4.69, 9.17) is 0 Å². The molecule has 0 aliphatic carbocycles. The Morgan fingerprint density at radius 1 is 1.24 bits per heavy atom. The zero-order valence-corrected chi connectivity index (χ0v) is 14.6. The highest BCUT2D eigenvalue weighted by Crippen LogP contribution is 2.26. The summed E-state index contributed by atoms with van der Waals surface area (Å²) < 4.78 is 1.17. The molecule has 1 aromatic rings. The second-order valence-electron chi connectivity index (χ2n) is 6.78. The summed E-state index contributed by atoms with van der Waals surface area (Å²) in [4.78, 5) is 2.72. The van der Waals surface area contributed by atoms with E-state index in [9.17, 15) is 0 Å². The third kappa shape index (κ3) is 4.08. The maximum absolute atomic E-state index is 3.71. The van der Waals surface area contributed by atoms with Crippen molar-refractivity contribution < 1.29 is 0 Å². The van der Waals surface area contributed by atoms with Gasteiger partial charge in [-0.3, -0.25) is 4.90 Å². The minimum absolute atomic E-state index is 0.648. The fourth-order valence-electron chi connectivity index (χ4n) is 3.97. The van der Waals surface area contributed by atoms with Crippen LogP contribution in [0, 0.1) is 5.92 Å². The van der Waals surface area contributed by atoms with Crippen LogP contribution in [0.3, 0.4) is 0 Å². The van der Waals surface area contributed by atoms with Crippen molar-refractivity contribution in [2.24, 2.45) is 5.92 Å². The van der Waals surface area contributed by atoms with Crippen molar-refractivity contribution in [2.75, 3.05) is 19.6 Å². The van der Waals surface area contributed by atoms with Crippen LogP contribution in [0.25, 0.3) is 0 Å². The van der Waals surface area contributed by atoms with E-state index in [0.717, 1.165) is 18.4 Å². The third-order valence-electron chi connectivity index (χ3n) is 5.22. The van der Waals surface area contributed by atoms with Crippen LogP contribution < -0.4 is 5.32 Å². The molecule has 3 unspecified atom stereocenters. The average molecular weight is 351 g/mol. The van der Waals surface area contributed by atoms with Crippen molar-refractivity contribution in [3.63, 3.8) is 0 Å². The Morgan fingerprint density at radius 2 is 2.05 bits per heavy atom. The predicted octanol–water partition coefficient (Wildman–Crippen LogP) is 3.84. The Balaban J connectivity index is 1.56. The predicted molar refractivity (Wildman–Crippen MR) is 92.6 cm³/mol. The monoisotopic (exact) mass is 350 g/mol. The van der Waals surface area contributed by atoms with E-state index in [1.165, 1.54) is 55.4 Å². The van der Waals surface area contributed by atoms with Crippen molar-refractivity contribution in [1.29, 1.82) is 0 Å². The summed E-state index contributed by atoms with van der Waals surface area (Å²) in [7, 11) is 0. The van der Waals surface area contributed by atoms with Gasteiger partial charge in [0.05, 0.1) is 0 Å². The standard InChI is InChI=1S/C18H27BrN2/c1-14(12-15-6-8-17(19)9-7-15)21-11-3-4-16(13-21)18-5-2-10-20-18/h6-9,14,16,18,20H,2-5,10-13H2,1H3. The van der Waals surface area contributed by atoms with E-state index in [-0.39, 0.29) is 0 Å². The summed E-state index contributed by atoms with van der Waals surface area (Å²) in [6.45, 7) is 6.19. The Hall–Kier alpha value is -0.380. The van der Waals surface area contributed by atoms with Crippen LogP contribution >= 0.6 is 15.9 Å². The van der Waals surface area contributed by atoms with Crippen molar-refractivity contribution in [1.82, 2.24) is 10.2 Å². The number of nitrogens with one attached hydrogen (secondary N) is 1. The lowest BCUT2D eigenvalue weighted by Crippen LogP contribution is -2.47. The summed E-state index contributed by atoms with van der Waals surface area (Å²) in [5, 5.41) is 3.71. The van der Waals surface area contributed by atoms with Gasteiger partial charge in [-0.05, 0) is 75.7 Å². The Kier molecular flexibility index (Phi) is 5.36. The molecule has 1 aromatic carbocycles. The first kappa shape index (κ1) is 15.5. The zero-order valence-electron chi connectivity index (χ0n) is 13.0. The van der Waals surface area contributed by atoms with Gasteiger partial charge in [-0.1, -0.05) is 28.1 Å². The number of halogens is 1. The van der Waals surface area contributed by atoms with Crippen molar-refractivity contribution in [2.45, 2.75) is 51.1 Å². The summed E-state index contributed by atoms with van der Waals surface area (Å²) in [5.74, 6) is 0.869. The fraction of sp³-hybridized carbons (Fsp3) is 0.667. The Labute approximate surface area is 137 Å². The third-order valence-corrected chi connectivity index (χ3v) is 5.75. The lowest BCUT2D eigenvalue weighted by molar-refractivity contribution is 0.114. The number of benzene rings is 1. The average Bonchev–Trinajstić information content (AvgIpc) is 3.04. The van der Waals surface area contributed by atoms with E-state index in [1.807, 2.05) is 0 Å². The molecule has 1 N–H and O–H groups in total. The maximum Gasteiger partial charge on any atom is 0.0175 e. The van der Waals surface area contributed by atoms with Crippen LogP contribution in [0.4, 0.5) is 0 Å². The summed E-state index contributed by atoms with van der Waals surface area (Å²) in [6.07, 6.45) is 6.71. The van der Waals surface area contributed by atoms with Gasteiger partial charge in [0.1, 0.15) is 0 Å². The minimum Gasteiger partial charge on any atom is -0.314 e. The normalized spacial score (nSPS) is 28.7. The molecule has 0 amide bonds. The van der Waals surface area contributed by atoms with E-state index < -0.39 is 0 Å². The number of likely N-dealkylation sites (tertiary alicyclic amines) is 1. The van der Waals surface area contributed by atoms with Crippen LogP contribution in [-0.2, 0) is 6.42 Å². The molecule has 21 heavy (non-hydrogen) atoms. The molecule has 0 saturated carbocycles. The first-order chi connectivity index (χ1) is 10.2. The van der Waals surface area contributed by atoms with E-state index >= 15 is 0 Å². The summed E-state index contributed by atoms with van der Waals surface area (Å²) in [6, 6.07) is 10.2. The molecular weight excluding hydrogens is 324 g/mol. The molecule has 2 nitrogen and oxygen atoms in total. The highest BCUT2D eigenvalue weighted by atomic mass is 79.9. The largest absolute Gasteiger partial charge is 0.314 e. The van der Waals surface area contributed by atoms with E-state index in [2.05, 4.69) is 57.3 Å². The smallest absolute Gasteiger partial charge is 0.0175 e. The quantitative estimate of drug-likeness (QED) is 0.887. The molecule has 116 valence electrons. The van der Waals surface area contributed by atoms with Crippen molar-refractivity contribution >= 4 is 15.9 Å². The second kappa shape index (κ2) is 7.26. The van der Waals surface area contributed by atoms with Gasteiger partial charge in [0.2, 0.25) is 0 Å². The molecule has 2 fully saturated rings. The molecule has 2 aliphatic heterocycles. The molecule has 2 saturated heterocycles. The van der Waals surface area contributed by atoms with E-state index in [0.29, 0.717) is 6.04 Å². The molecule has 0 radical (unpaired) electrons. The van der Waals surface area contributed by atoms with Crippen LogP contribution in [0.5, 0.6) is 0 Å². The molecule has 0 spiro atoms. The number of rotatable bonds is 4. The molecule has 2 heterocycles. The topological polar surface area (TPSA) is 15.3 Å². The van der Waals surface area contributed by atoms with Crippen LogP contribution in [-0.4, -0.2) is 36.6 Å². The molecule has 0 bridgehead atoms. The first-order valence-electron chi connectivity index (χ1n) is 8.44. The van der Waals surface area contributed by atoms with Crippen LogP contribution in [0.2, 0.25) is 0 Å². The van der Waals surface area contributed by atoms with Gasteiger partial charge >= 0.3 is 0 Å². The highest BCUT2D eigenvalue weighted by molar-refractivity contribution is 9.10. The molecule has 3 atom stereocenters. The molecule has 3 heteroatoms. The number of piperidine rings is 1. The molecule has 3 rings (SSSR count). The van der Waals surface area contributed by atoms with Crippen molar-refractivity contribution in [3.05, 3.63) is 34.3 Å². The molecule has 0 aromatic heterocycles. The number of nitrogens with zero attached hydrogens (tertiary/aromatic N) is 1. The van der Waals surface area contributed by atoms with Crippen LogP contribution in [0.15, 0.2) is 28.7 Å². The van der Waals surface area contributed by atoms with Crippen LogP contribution in [0.1, 0.15) is 38.2 Å². The van der Waals surface area contributed by atoms with Gasteiger partial charge in [0.15, 0.2) is 0 Å². The SMILES string of the molecule is CC(Cc1ccc(Br)cc1)N1CCCC(C2CCCN2)C1. The zero-order chi connectivity index (χ0) is 14.7. The Bertz CT molecular complexity index is 439. The van der Waals surface area contributed by atoms with Crippen molar-refractivity contribution in [3.8, 4) is 0 Å². The summed E-state index contributed by atoms with van der Waals surface area (Å²) in [5.41, 5.74) is 1.45. The fourth-order valence-corrected chi connectivity index (χ4v) is 4.24. The lowest BCUT2D eigenvalue weighted by Gasteiger charge is -2.39. The molecular formula is C18H27BrN2. The Morgan fingerprint density at radius 3 is 2.76 bits per heavy atom. The van der Waals surface area contributed by atoms with Gasteiger partial charge in [0, 0.05) is 23.1 Å². The minimum atomic E-state index is 0.648. The first-order valence-corrected chi connectivity index (χ1v) is 9.23.